The highest BCUT2D eigenvalue weighted by atomic mass is 32.1. The van der Waals surface area contributed by atoms with E-state index < -0.39 is 5.82 Å². The number of aryl methyl sites for hydroxylation is 1. The molecule has 3 rings (SSSR count). The lowest BCUT2D eigenvalue weighted by Gasteiger charge is -2.00. The Labute approximate surface area is 118 Å². The third-order valence-electron chi connectivity index (χ3n) is 2.73. The van der Waals surface area contributed by atoms with Crippen LogP contribution >= 0.6 is 11.3 Å². The molecule has 0 aliphatic carbocycles. The summed E-state index contributed by atoms with van der Waals surface area (Å²) in [4.78, 5) is 8.49. The first kappa shape index (κ1) is 12.7. The molecule has 20 heavy (non-hydrogen) atoms. The van der Waals surface area contributed by atoms with Gasteiger partial charge in [0.2, 0.25) is 0 Å². The number of hydrogen-bond donors (Lipinski definition) is 1. The zero-order valence-corrected chi connectivity index (χ0v) is 11.4. The van der Waals surface area contributed by atoms with Crippen LogP contribution in [0.1, 0.15) is 16.5 Å². The molecule has 7 heteroatoms. The second kappa shape index (κ2) is 5.01. The third-order valence-corrected chi connectivity index (χ3v) is 3.56. The van der Waals surface area contributed by atoms with Crippen molar-refractivity contribution in [2.75, 3.05) is 5.73 Å². The highest BCUT2D eigenvalue weighted by molar-refractivity contribution is 7.09. The Bertz CT molecular complexity index is 732. The summed E-state index contributed by atoms with van der Waals surface area (Å²) in [7, 11) is 0. The maximum absolute atomic E-state index is 13.8. The van der Waals surface area contributed by atoms with Gasteiger partial charge >= 0.3 is 0 Å². The highest BCUT2D eigenvalue weighted by Gasteiger charge is 2.16. The smallest absolute Gasteiger partial charge is 0.263 e. The highest BCUT2D eigenvalue weighted by Crippen LogP contribution is 2.27. The molecule has 102 valence electrons. The van der Waals surface area contributed by atoms with Crippen LogP contribution in [0, 0.1) is 12.7 Å². The Kier molecular flexibility index (Phi) is 3.19. The molecule has 2 aromatic heterocycles. The van der Waals surface area contributed by atoms with Gasteiger partial charge in [-0.05, 0) is 19.1 Å². The minimum atomic E-state index is -0.482. The zero-order valence-electron chi connectivity index (χ0n) is 10.6. The fourth-order valence-electron chi connectivity index (χ4n) is 1.85. The topological polar surface area (TPSA) is 77.8 Å². The summed E-state index contributed by atoms with van der Waals surface area (Å²) in [6, 6.07) is 4.43. The Morgan fingerprint density at radius 2 is 2.20 bits per heavy atom. The third kappa shape index (κ3) is 2.39. The van der Waals surface area contributed by atoms with Gasteiger partial charge in [-0.2, -0.15) is 4.98 Å². The number of benzene rings is 1. The standard InChI is InChI=1S/C13H11FN4OS/c1-7-16-8(6-20-7)5-11-17-13(19-18-11)12-9(14)3-2-4-10(12)15/h2-4,6H,5,15H2,1H3. The van der Waals surface area contributed by atoms with Gasteiger partial charge < -0.3 is 10.3 Å². The number of nitrogens with zero attached hydrogens (tertiary/aromatic N) is 3. The van der Waals surface area contributed by atoms with Crippen LogP contribution in [0.4, 0.5) is 10.1 Å². The van der Waals surface area contributed by atoms with Crippen molar-refractivity contribution in [1.82, 2.24) is 15.1 Å². The molecule has 1 aromatic carbocycles. The molecule has 2 N–H and O–H groups in total. The number of halogens is 1. The van der Waals surface area contributed by atoms with Crippen LogP contribution < -0.4 is 5.73 Å². The van der Waals surface area contributed by atoms with Crippen molar-refractivity contribution in [2.24, 2.45) is 0 Å². The summed E-state index contributed by atoms with van der Waals surface area (Å²) in [6.07, 6.45) is 0.447. The summed E-state index contributed by atoms with van der Waals surface area (Å²) in [5.74, 6) is 0.0557. The molecule has 0 bridgehead atoms. The maximum Gasteiger partial charge on any atom is 0.263 e. The predicted octanol–water partition coefficient (Wildman–Crippen LogP) is 2.81. The van der Waals surface area contributed by atoms with Gasteiger partial charge in [0.1, 0.15) is 5.82 Å². The normalized spacial score (nSPS) is 10.9. The fourth-order valence-corrected chi connectivity index (χ4v) is 2.46. The van der Waals surface area contributed by atoms with Gasteiger partial charge in [-0.15, -0.1) is 11.3 Å². The van der Waals surface area contributed by atoms with Crippen molar-refractivity contribution in [1.29, 1.82) is 0 Å². The molecule has 0 spiro atoms. The van der Waals surface area contributed by atoms with Crippen LogP contribution in [0.25, 0.3) is 11.5 Å². The first-order valence-corrected chi connectivity index (χ1v) is 6.79. The fraction of sp³-hybridized carbons (Fsp3) is 0.154. The Morgan fingerprint density at radius 1 is 1.35 bits per heavy atom. The van der Waals surface area contributed by atoms with Crippen LogP contribution in [-0.4, -0.2) is 15.1 Å². The lowest BCUT2D eigenvalue weighted by atomic mass is 10.1. The monoisotopic (exact) mass is 290 g/mol. The summed E-state index contributed by atoms with van der Waals surface area (Å²) >= 11 is 1.55. The molecule has 0 radical (unpaired) electrons. The van der Waals surface area contributed by atoms with Crippen molar-refractivity contribution in [2.45, 2.75) is 13.3 Å². The summed E-state index contributed by atoms with van der Waals surface area (Å²) in [6.45, 7) is 1.93. The summed E-state index contributed by atoms with van der Waals surface area (Å²) in [5.41, 5.74) is 7.01. The van der Waals surface area contributed by atoms with Crippen molar-refractivity contribution in [3.63, 3.8) is 0 Å². The van der Waals surface area contributed by atoms with E-state index in [1.165, 1.54) is 12.1 Å². The number of thiazole rings is 1. The first-order valence-electron chi connectivity index (χ1n) is 5.91. The van der Waals surface area contributed by atoms with E-state index in [0.29, 0.717) is 12.2 Å². The Morgan fingerprint density at radius 3 is 2.90 bits per heavy atom. The average molecular weight is 290 g/mol. The second-order valence-corrected chi connectivity index (χ2v) is 5.32. The second-order valence-electron chi connectivity index (χ2n) is 4.25. The van der Waals surface area contributed by atoms with E-state index in [0.717, 1.165) is 10.7 Å². The first-order chi connectivity index (χ1) is 9.63. The molecule has 3 aromatic rings. The molecule has 0 atom stereocenters. The van der Waals surface area contributed by atoms with Gasteiger partial charge in [0.15, 0.2) is 5.82 Å². The SMILES string of the molecule is Cc1nc(Cc2noc(-c3c(N)cccc3F)n2)cs1. The number of nitrogens with two attached hydrogens (primary N) is 1. The van der Waals surface area contributed by atoms with E-state index >= 15 is 0 Å². The molecule has 0 aliphatic rings. The van der Waals surface area contributed by atoms with Crippen LogP contribution in [-0.2, 0) is 6.42 Å². The molecule has 0 saturated carbocycles. The molecule has 2 heterocycles. The van der Waals surface area contributed by atoms with Gasteiger partial charge in [0.05, 0.1) is 22.7 Å². The molecule has 0 aliphatic heterocycles. The Hall–Kier alpha value is -2.28. The van der Waals surface area contributed by atoms with E-state index in [-0.39, 0.29) is 17.1 Å². The van der Waals surface area contributed by atoms with Gasteiger partial charge in [0, 0.05) is 11.1 Å². The van der Waals surface area contributed by atoms with E-state index in [1.54, 1.807) is 17.4 Å². The van der Waals surface area contributed by atoms with Gasteiger partial charge in [-0.3, -0.25) is 0 Å². The lowest BCUT2D eigenvalue weighted by Crippen LogP contribution is -1.94. The van der Waals surface area contributed by atoms with Gasteiger partial charge in [-0.25, -0.2) is 9.37 Å². The molecule has 0 amide bonds. The number of anilines is 1. The molecule has 0 unspecified atom stereocenters. The predicted molar refractivity (Wildman–Crippen MR) is 73.8 cm³/mol. The molecular formula is C13H11FN4OS. The number of hydrogen-bond acceptors (Lipinski definition) is 6. The van der Waals surface area contributed by atoms with Crippen LogP contribution in [0.2, 0.25) is 0 Å². The molecule has 5 nitrogen and oxygen atoms in total. The van der Waals surface area contributed by atoms with Crippen LogP contribution in [0.5, 0.6) is 0 Å². The largest absolute Gasteiger partial charge is 0.398 e. The van der Waals surface area contributed by atoms with Crippen LogP contribution in [0.3, 0.4) is 0 Å². The van der Waals surface area contributed by atoms with E-state index in [4.69, 9.17) is 10.3 Å². The van der Waals surface area contributed by atoms with Crippen molar-refractivity contribution >= 4 is 17.0 Å². The lowest BCUT2D eigenvalue weighted by molar-refractivity contribution is 0.421. The molecular weight excluding hydrogens is 279 g/mol. The quantitative estimate of drug-likeness (QED) is 0.750. The minimum Gasteiger partial charge on any atom is -0.398 e. The van der Waals surface area contributed by atoms with Gasteiger partial charge in [-0.1, -0.05) is 11.2 Å². The molecule has 0 fully saturated rings. The van der Waals surface area contributed by atoms with E-state index in [9.17, 15) is 4.39 Å². The zero-order chi connectivity index (χ0) is 14.1. The number of rotatable bonds is 3. The average Bonchev–Trinajstić information content (AvgIpc) is 3.00. The van der Waals surface area contributed by atoms with Crippen molar-refractivity contribution in [3.8, 4) is 11.5 Å². The molecule has 0 saturated heterocycles. The summed E-state index contributed by atoms with van der Waals surface area (Å²) < 4.78 is 18.8. The number of aromatic nitrogens is 3. The van der Waals surface area contributed by atoms with Gasteiger partial charge in [0.25, 0.3) is 5.89 Å². The van der Waals surface area contributed by atoms with E-state index in [1.807, 2.05) is 12.3 Å². The minimum absolute atomic E-state index is 0.0857. The Balaban J connectivity index is 1.90. The van der Waals surface area contributed by atoms with Crippen molar-refractivity contribution in [3.05, 3.63) is 45.9 Å². The number of nitrogen functional groups attached to an aromatic ring is 1. The maximum atomic E-state index is 13.8. The summed E-state index contributed by atoms with van der Waals surface area (Å²) in [5, 5.41) is 6.74. The van der Waals surface area contributed by atoms with Crippen molar-refractivity contribution < 1.29 is 8.91 Å². The van der Waals surface area contributed by atoms with E-state index in [2.05, 4.69) is 15.1 Å². The van der Waals surface area contributed by atoms with Crippen LogP contribution in [0.15, 0.2) is 28.1 Å².